The largest absolute Gasteiger partial charge is 0.497 e. The van der Waals surface area contributed by atoms with E-state index in [1.165, 1.54) is 0 Å². The Kier molecular flexibility index (Phi) is 14.8. The fourth-order valence-electron chi connectivity index (χ4n) is 10.2. The normalized spacial score (nSPS) is 14.9. The predicted octanol–water partition coefficient (Wildman–Crippen LogP) is 11.1. The Hall–Kier alpha value is -8.59. The highest BCUT2D eigenvalue weighted by molar-refractivity contribution is 6.13. The summed E-state index contributed by atoms with van der Waals surface area (Å²) < 4.78 is 23.4. The highest BCUT2D eigenvalue weighted by Crippen LogP contribution is 2.40. The minimum absolute atomic E-state index is 0.00140. The van der Waals surface area contributed by atoms with Crippen molar-refractivity contribution >= 4 is 57.9 Å². The Bertz CT molecular complexity index is 3190. The molecule has 6 aromatic carbocycles. The maximum Gasteiger partial charge on any atom is 0.260 e. The zero-order valence-electron chi connectivity index (χ0n) is 43.0. The van der Waals surface area contributed by atoms with Crippen LogP contribution in [0.25, 0.3) is 22.3 Å². The van der Waals surface area contributed by atoms with Crippen molar-refractivity contribution in [1.29, 1.82) is 0 Å². The number of amides is 3. The molecule has 10 rings (SSSR count). The number of ether oxygens (including phenoxy) is 4. The van der Waals surface area contributed by atoms with Crippen molar-refractivity contribution < 1.29 is 33.3 Å². The molecule has 3 amide bonds. The molecule has 0 radical (unpaired) electrons. The number of anilines is 7. The van der Waals surface area contributed by atoms with Gasteiger partial charge in [0.2, 0.25) is 11.9 Å². The number of nitrogens with zero attached hydrogens (tertiary/aromatic N) is 6. The lowest BCUT2D eigenvalue weighted by atomic mass is 9.92. The molecule has 384 valence electrons. The molecule has 2 saturated heterocycles. The molecule has 7 aromatic rings. The number of likely N-dealkylation sites (tertiary alicyclic amines) is 1. The van der Waals surface area contributed by atoms with Crippen LogP contribution in [0.1, 0.15) is 53.3 Å². The van der Waals surface area contributed by atoms with Gasteiger partial charge in [-0.05, 0) is 134 Å². The van der Waals surface area contributed by atoms with Crippen LogP contribution in [-0.2, 0) is 4.79 Å². The van der Waals surface area contributed by atoms with Gasteiger partial charge in [-0.2, -0.15) is 4.98 Å². The lowest BCUT2D eigenvalue weighted by Crippen LogP contribution is -2.46. The van der Waals surface area contributed by atoms with E-state index in [4.69, 9.17) is 23.9 Å². The number of benzene rings is 6. The molecule has 0 spiro atoms. The molecule has 3 aliphatic rings. The lowest BCUT2D eigenvalue weighted by Gasteiger charge is -2.38. The molecule has 75 heavy (non-hydrogen) atoms. The summed E-state index contributed by atoms with van der Waals surface area (Å²) in [6.45, 7) is 6.07. The zero-order valence-corrected chi connectivity index (χ0v) is 43.0. The summed E-state index contributed by atoms with van der Waals surface area (Å²) in [5.74, 6) is 4.16. The molecule has 0 atom stereocenters. The number of para-hydroxylation sites is 1. The second-order valence-electron chi connectivity index (χ2n) is 19.1. The first-order chi connectivity index (χ1) is 36.6. The second-order valence-corrected chi connectivity index (χ2v) is 19.1. The van der Waals surface area contributed by atoms with Crippen molar-refractivity contribution in [2.75, 3.05) is 93.0 Å². The third kappa shape index (κ3) is 10.9. The molecule has 4 heterocycles. The van der Waals surface area contributed by atoms with E-state index in [-0.39, 0.29) is 23.6 Å². The number of methoxy groups -OCH3 is 2. The Balaban J connectivity index is 0.674. The molecule has 0 saturated carbocycles. The van der Waals surface area contributed by atoms with E-state index in [1.807, 2.05) is 134 Å². The van der Waals surface area contributed by atoms with Gasteiger partial charge in [0, 0.05) is 74.8 Å². The van der Waals surface area contributed by atoms with E-state index in [2.05, 4.69) is 31.5 Å². The minimum Gasteiger partial charge on any atom is -0.497 e. The van der Waals surface area contributed by atoms with E-state index in [9.17, 15) is 14.4 Å². The fourth-order valence-corrected chi connectivity index (χ4v) is 10.2. The van der Waals surface area contributed by atoms with Gasteiger partial charge < -0.3 is 49.2 Å². The van der Waals surface area contributed by atoms with Crippen molar-refractivity contribution in [3.63, 3.8) is 0 Å². The fraction of sp³-hybridized carbons (Fsp3) is 0.283. The average Bonchev–Trinajstić information content (AvgIpc) is 3.53. The van der Waals surface area contributed by atoms with Crippen LogP contribution in [0.5, 0.6) is 23.0 Å². The van der Waals surface area contributed by atoms with Crippen molar-refractivity contribution in [3.05, 3.63) is 151 Å². The quantitative estimate of drug-likeness (QED) is 0.101. The van der Waals surface area contributed by atoms with Gasteiger partial charge in [0.25, 0.3) is 11.8 Å². The van der Waals surface area contributed by atoms with Crippen LogP contribution in [0.15, 0.2) is 140 Å². The second kappa shape index (κ2) is 22.3. The van der Waals surface area contributed by atoms with Crippen molar-refractivity contribution in [2.24, 2.45) is 11.8 Å². The smallest absolute Gasteiger partial charge is 0.260 e. The van der Waals surface area contributed by atoms with Crippen LogP contribution in [0.2, 0.25) is 0 Å². The molecule has 2 fully saturated rings. The highest BCUT2D eigenvalue weighted by atomic mass is 16.5. The standard InChI is InChI=1S/C60H62N8O7/c1-6-74-55-36-46(21-24-51(55)63-60-61-37-53-56(64-60)65(2)52-13-8-7-12-49(52)59(71)66(53)3)67-32-28-42(29-33-67)58(70)68-30-26-39(27-31-68)38-75-47-22-16-41(17-23-47)40-14-19-45(20-15-40)62-57(69)44-18-25-54(73-5)50(35-44)43-10-9-11-48(34-43)72-4/h7-25,34-37,39,42H,6,26-33,38H2,1-5H3,(H,62,69)(H,61,63,64). The number of rotatable bonds is 15. The van der Waals surface area contributed by atoms with Crippen molar-refractivity contribution in [1.82, 2.24) is 14.9 Å². The van der Waals surface area contributed by atoms with Gasteiger partial charge in [-0.1, -0.05) is 48.5 Å². The molecule has 3 aliphatic heterocycles. The molecule has 15 heteroatoms. The van der Waals surface area contributed by atoms with Crippen LogP contribution in [0.4, 0.5) is 40.2 Å². The monoisotopic (exact) mass is 1010 g/mol. The molecular formula is C60H62N8O7. The number of hydrogen-bond acceptors (Lipinski definition) is 12. The van der Waals surface area contributed by atoms with Gasteiger partial charge in [-0.3, -0.25) is 14.4 Å². The third-order valence-electron chi connectivity index (χ3n) is 14.5. The summed E-state index contributed by atoms with van der Waals surface area (Å²) in [4.78, 5) is 57.8. The van der Waals surface area contributed by atoms with E-state index in [0.717, 1.165) is 103 Å². The first-order valence-corrected chi connectivity index (χ1v) is 25.6. The lowest BCUT2D eigenvalue weighted by molar-refractivity contribution is -0.137. The summed E-state index contributed by atoms with van der Waals surface area (Å²) >= 11 is 0. The van der Waals surface area contributed by atoms with E-state index in [1.54, 1.807) is 44.5 Å². The van der Waals surface area contributed by atoms with Gasteiger partial charge in [0.1, 0.15) is 28.7 Å². The SMILES string of the molecule is CCOc1cc(N2CCC(C(=O)N3CCC(COc4ccc(-c5ccc(NC(=O)c6ccc(OC)c(-c7cccc(OC)c7)c6)cc5)cc4)CC3)CC2)ccc1Nc1ncc2c(n1)N(C)c1ccccc1C(=O)N2C. The number of aromatic nitrogens is 2. The van der Waals surface area contributed by atoms with Crippen molar-refractivity contribution in [2.45, 2.75) is 32.6 Å². The Labute approximate surface area is 438 Å². The highest BCUT2D eigenvalue weighted by Gasteiger charge is 2.32. The van der Waals surface area contributed by atoms with Crippen molar-refractivity contribution in [3.8, 4) is 45.3 Å². The molecule has 15 nitrogen and oxygen atoms in total. The van der Waals surface area contributed by atoms with E-state index >= 15 is 0 Å². The van der Waals surface area contributed by atoms with Crippen LogP contribution in [0.3, 0.4) is 0 Å². The number of hydrogen-bond donors (Lipinski definition) is 2. The summed E-state index contributed by atoms with van der Waals surface area (Å²) in [5.41, 5.74) is 8.70. The van der Waals surface area contributed by atoms with Crippen LogP contribution < -0.4 is 44.3 Å². The first kappa shape index (κ1) is 50.0. The summed E-state index contributed by atoms with van der Waals surface area (Å²) in [6, 6.07) is 42.5. The number of fused-ring (bicyclic) bond motifs is 2. The van der Waals surface area contributed by atoms with E-state index < -0.39 is 0 Å². The summed E-state index contributed by atoms with van der Waals surface area (Å²) in [6.07, 6.45) is 5.06. The molecule has 0 bridgehead atoms. The average molecular weight is 1010 g/mol. The topological polar surface area (TPSA) is 151 Å². The summed E-state index contributed by atoms with van der Waals surface area (Å²) in [7, 11) is 6.88. The van der Waals surface area contributed by atoms with Gasteiger partial charge in [0.15, 0.2) is 5.82 Å². The van der Waals surface area contributed by atoms with Gasteiger partial charge in [-0.25, -0.2) is 4.98 Å². The Morgan fingerprint density at radius 1 is 0.667 bits per heavy atom. The minimum atomic E-state index is -0.220. The first-order valence-electron chi connectivity index (χ1n) is 25.6. The number of carbonyl (C=O) groups is 3. The number of nitrogens with one attached hydrogen (secondary N) is 2. The zero-order chi connectivity index (χ0) is 52.0. The van der Waals surface area contributed by atoms with Crippen LogP contribution in [-0.4, -0.2) is 100 Å². The number of carbonyl (C=O) groups excluding carboxylic acids is 3. The maximum atomic E-state index is 13.8. The molecule has 0 unspecified atom stereocenters. The summed E-state index contributed by atoms with van der Waals surface area (Å²) in [5, 5.41) is 6.39. The third-order valence-corrected chi connectivity index (χ3v) is 14.5. The maximum absolute atomic E-state index is 13.8. The van der Waals surface area contributed by atoms with Gasteiger partial charge >= 0.3 is 0 Å². The van der Waals surface area contributed by atoms with Gasteiger partial charge in [0.05, 0.1) is 50.6 Å². The van der Waals surface area contributed by atoms with E-state index in [0.29, 0.717) is 64.9 Å². The molecule has 0 aliphatic carbocycles. The Morgan fingerprint density at radius 2 is 1.41 bits per heavy atom. The molecular weight excluding hydrogens is 945 g/mol. The van der Waals surface area contributed by atoms with Crippen LogP contribution >= 0.6 is 0 Å². The predicted molar refractivity (Wildman–Crippen MR) is 295 cm³/mol. The Morgan fingerprint density at radius 3 is 2.15 bits per heavy atom. The van der Waals surface area contributed by atoms with Gasteiger partial charge in [-0.15, -0.1) is 0 Å². The number of piperidine rings is 2. The molecule has 1 aromatic heterocycles. The van der Waals surface area contributed by atoms with Crippen LogP contribution in [0, 0.1) is 11.8 Å². The molecule has 2 N–H and O–H groups in total.